The molecule has 0 bridgehead atoms. The van der Waals surface area contributed by atoms with Crippen molar-refractivity contribution in [1.82, 2.24) is 4.98 Å². The first-order valence-electron chi connectivity index (χ1n) is 2.83. The number of hydrogen-bond donors (Lipinski definition) is 1. The summed E-state index contributed by atoms with van der Waals surface area (Å²) in [5.41, 5.74) is 7.13. The van der Waals surface area contributed by atoms with E-state index in [9.17, 15) is 0 Å². The van der Waals surface area contributed by atoms with Crippen molar-refractivity contribution in [3.63, 3.8) is 0 Å². The molecule has 2 N–H and O–H groups in total. The van der Waals surface area contributed by atoms with Crippen LogP contribution in [0.25, 0.3) is 0 Å². The summed E-state index contributed by atoms with van der Waals surface area (Å²) in [7, 11) is 0. The molecule has 1 heterocycles. The van der Waals surface area contributed by atoms with Crippen LogP contribution in [0.1, 0.15) is 5.69 Å². The summed E-state index contributed by atoms with van der Waals surface area (Å²) < 4.78 is 0. The minimum Gasteiger partial charge on any atom is -0.397 e. The van der Waals surface area contributed by atoms with Gasteiger partial charge in [0.25, 0.3) is 0 Å². The Hall–Kier alpha value is -1.05. The maximum absolute atomic E-state index is 5.53. The fraction of sp³-hybridized carbons (Fsp3) is 0.143. The zero-order valence-electron chi connectivity index (χ0n) is 5.17. The van der Waals surface area contributed by atoms with Gasteiger partial charge in [-0.1, -0.05) is 0 Å². The van der Waals surface area contributed by atoms with Gasteiger partial charge in [0.15, 0.2) is 0 Å². The monoisotopic (exact) mass is 121 g/mol. The lowest BCUT2D eigenvalue weighted by Crippen LogP contribution is -1.94. The van der Waals surface area contributed by atoms with Gasteiger partial charge in [-0.3, -0.25) is 4.98 Å². The molecule has 1 aromatic rings. The maximum atomic E-state index is 5.53. The highest BCUT2D eigenvalue weighted by Gasteiger charge is 1.92. The second kappa shape index (κ2) is 2.49. The highest BCUT2D eigenvalue weighted by atomic mass is 14.7. The Kier molecular flexibility index (Phi) is 1.68. The SMILES string of the molecule is [CH2]Cc1ncccc1N. The van der Waals surface area contributed by atoms with Crippen molar-refractivity contribution in [2.45, 2.75) is 6.42 Å². The third-order valence-corrected chi connectivity index (χ3v) is 1.16. The van der Waals surface area contributed by atoms with Crippen LogP contribution >= 0.6 is 0 Å². The minimum absolute atomic E-state index is 0.659. The quantitative estimate of drug-likeness (QED) is 0.603. The van der Waals surface area contributed by atoms with E-state index in [0.717, 1.165) is 11.4 Å². The van der Waals surface area contributed by atoms with Crippen LogP contribution in [0.4, 0.5) is 5.69 Å². The van der Waals surface area contributed by atoms with Gasteiger partial charge in [0, 0.05) is 6.20 Å². The number of anilines is 1. The lowest BCUT2D eigenvalue weighted by molar-refractivity contribution is 1.12. The molecule has 1 aromatic heterocycles. The molecular weight excluding hydrogens is 112 g/mol. The molecule has 0 unspecified atom stereocenters. The smallest absolute Gasteiger partial charge is 0.0632 e. The number of nitrogens with zero attached hydrogens (tertiary/aromatic N) is 1. The van der Waals surface area contributed by atoms with E-state index in [2.05, 4.69) is 11.9 Å². The molecule has 0 aliphatic rings. The lowest BCUT2D eigenvalue weighted by atomic mass is 10.2. The Balaban J connectivity index is 3.01. The molecular formula is C7H9N2. The first kappa shape index (κ1) is 6.08. The van der Waals surface area contributed by atoms with Gasteiger partial charge < -0.3 is 5.73 Å². The Labute approximate surface area is 54.7 Å². The molecule has 0 amide bonds. The summed E-state index contributed by atoms with van der Waals surface area (Å²) in [5.74, 6) is 0. The second-order valence-corrected chi connectivity index (χ2v) is 1.79. The van der Waals surface area contributed by atoms with Crippen LogP contribution in [0.3, 0.4) is 0 Å². The molecule has 9 heavy (non-hydrogen) atoms. The van der Waals surface area contributed by atoms with Gasteiger partial charge in [0.05, 0.1) is 11.4 Å². The van der Waals surface area contributed by atoms with Gasteiger partial charge in [-0.05, 0) is 25.5 Å². The van der Waals surface area contributed by atoms with Crippen LogP contribution < -0.4 is 5.73 Å². The fourth-order valence-electron chi connectivity index (χ4n) is 0.659. The summed E-state index contributed by atoms with van der Waals surface area (Å²) in [5, 5.41) is 0. The summed E-state index contributed by atoms with van der Waals surface area (Å²) in [4.78, 5) is 4.01. The average Bonchev–Trinajstić information content (AvgIpc) is 1.89. The van der Waals surface area contributed by atoms with E-state index in [1.807, 2.05) is 12.1 Å². The first-order chi connectivity index (χ1) is 4.34. The molecule has 1 rings (SSSR count). The summed E-state index contributed by atoms with van der Waals surface area (Å²) >= 11 is 0. The van der Waals surface area contributed by atoms with Crippen LogP contribution in [-0.2, 0) is 6.42 Å². The number of aromatic nitrogens is 1. The largest absolute Gasteiger partial charge is 0.397 e. The fourth-order valence-corrected chi connectivity index (χ4v) is 0.659. The van der Waals surface area contributed by atoms with E-state index < -0.39 is 0 Å². The zero-order valence-corrected chi connectivity index (χ0v) is 5.17. The van der Waals surface area contributed by atoms with Crippen LogP contribution in [0.5, 0.6) is 0 Å². The minimum atomic E-state index is 0.659. The molecule has 0 aliphatic carbocycles. The van der Waals surface area contributed by atoms with Gasteiger partial charge in [-0.2, -0.15) is 0 Å². The number of hydrogen-bond acceptors (Lipinski definition) is 2. The average molecular weight is 121 g/mol. The summed E-state index contributed by atoms with van der Waals surface area (Å²) in [6.45, 7) is 3.67. The maximum Gasteiger partial charge on any atom is 0.0632 e. The Morgan fingerprint density at radius 3 is 2.89 bits per heavy atom. The number of pyridine rings is 1. The lowest BCUT2D eigenvalue weighted by Gasteiger charge is -1.97. The number of rotatable bonds is 1. The topological polar surface area (TPSA) is 38.9 Å². The molecule has 0 atom stereocenters. The van der Waals surface area contributed by atoms with E-state index in [4.69, 9.17) is 5.73 Å². The van der Waals surface area contributed by atoms with Crippen molar-refractivity contribution >= 4 is 5.69 Å². The van der Waals surface area contributed by atoms with E-state index in [-0.39, 0.29) is 0 Å². The second-order valence-electron chi connectivity index (χ2n) is 1.79. The van der Waals surface area contributed by atoms with Crippen molar-refractivity contribution in [3.05, 3.63) is 30.9 Å². The predicted octanol–water partition coefficient (Wildman–Crippen LogP) is 1.04. The molecule has 47 valence electrons. The van der Waals surface area contributed by atoms with E-state index in [1.54, 1.807) is 6.20 Å². The zero-order chi connectivity index (χ0) is 6.69. The van der Waals surface area contributed by atoms with Crippen molar-refractivity contribution < 1.29 is 0 Å². The highest BCUT2D eigenvalue weighted by Crippen LogP contribution is 2.05. The van der Waals surface area contributed by atoms with E-state index in [1.165, 1.54) is 0 Å². The van der Waals surface area contributed by atoms with Crippen molar-refractivity contribution in [1.29, 1.82) is 0 Å². The van der Waals surface area contributed by atoms with E-state index in [0.29, 0.717) is 6.42 Å². The summed E-state index contributed by atoms with van der Waals surface area (Å²) in [6.07, 6.45) is 2.38. The Morgan fingerprint density at radius 2 is 2.44 bits per heavy atom. The molecule has 2 nitrogen and oxygen atoms in total. The number of nitrogen functional groups attached to an aromatic ring is 1. The highest BCUT2D eigenvalue weighted by molar-refractivity contribution is 5.41. The van der Waals surface area contributed by atoms with E-state index >= 15 is 0 Å². The van der Waals surface area contributed by atoms with Crippen molar-refractivity contribution in [2.75, 3.05) is 5.73 Å². The van der Waals surface area contributed by atoms with Gasteiger partial charge in [0.1, 0.15) is 0 Å². The number of nitrogens with two attached hydrogens (primary N) is 1. The van der Waals surface area contributed by atoms with Crippen LogP contribution in [0.2, 0.25) is 0 Å². The molecule has 0 saturated heterocycles. The van der Waals surface area contributed by atoms with Crippen LogP contribution in [0.15, 0.2) is 18.3 Å². The molecule has 0 spiro atoms. The summed E-state index contributed by atoms with van der Waals surface area (Å²) in [6, 6.07) is 3.64. The Morgan fingerprint density at radius 1 is 1.67 bits per heavy atom. The molecule has 2 heteroatoms. The third kappa shape index (κ3) is 1.19. The van der Waals surface area contributed by atoms with Gasteiger partial charge in [-0.15, -0.1) is 0 Å². The molecule has 0 aromatic carbocycles. The van der Waals surface area contributed by atoms with Gasteiger partial charge in [-0.25, -0.2) is 0 Å². The normalized spacial score (nSPS) is 9.44. The molecule has 0 aliphatic heterocycles. The molecule has 0 fully saturated rings. The van der Waals surface area contributed by atoms with Gasteiger partial charge >= 0.3 is 0 Å². The molecule has 0 saturated carbocycles. The Bertz CT molecular complexity index is 196. The third-order valence-electron chi connectivity index (χ3n) is 1.16. The standard InChI is InChI=1S/C7H9N2/c1-2-7-6(8)4-3-5-9-7/h3-5H,1-2,8H2. The van der Waals surface area contributed by atoms with Crippen LogP contribution in [-0.4, -0.2) is 4.98 Å². The predicted molar refractivity (Wildman–Crippen MR) is 37.7 cm³/mol. The first-order valence-corrected chi connectivity index (χ1v) is 2.83. The van der Waals surface area contributed by atoms with Crippen molar-refractivity contribution in [3.8, 4) is 0 Å². The van der Waals surface area contributed by atoms with Gasteiger partial charge in [0.2, 0.25) is 0 Å². The van der Waals surface area contributed by atoms with Crippen molar-refractivity contribution in [2.24, 2.45) is 0 Å². The molecule has 1 radical (unpaired) electrons. The van der Waals surface area contributed by atoms with Crippen LogP contribution in [0, 0.1) is 6.92 Å².